The van der Waals surface area contributed by atoms with E-state index < -0.39 is 97.5 Å². The third kappa shape index (κ3) is 76.6. The Labute approximate surface area is 632 Å². The Morgan fingerprint density at radius 2 is 0.495 bits per heavy atom. The van der Waals surface area contributed by atoms with Crippen molar-refractivity contribution in [1.82, 2.24) is 0 Å². The lowest BCUT2D eigenvalue weighted by Crippen LogP contribution is -2.30. The van der Waals surface area contributed by atoms with Crippen LogP contribution in [0.25, 0.3) is 0 Å². The second kappa shape index (κ2) is 74.2. The summed E-state index contributed by atoms with van der Waals surface area (Å²) in [6.07, 6.45) is 64.0. The number of aliphatic hydroxyl groups is 1. The highest BCUT2D eigenvalue weighted by Crippen LogP contribution is 2.45. The third-order valence-electron chi connectivity index (χ3n) is 20.0. The molecule has 0 aliphatic rings. The number of aliphatic hydroxyl groups excluding tert-OH is 1. The fraction of sp³-hybridized carbons (Fsp3) is 0.952. The van der Waals surface area contributed by atoms with Gasteiger partial charge in [0, 0.05) is 25.7 Å². The molecule has 0 aliphatic carbocycles. The number of phosphoric ester groups is 2. The van der Waals surface area contributed by atoms with Crippen LogP contribution in [0.2, 0.25) is 0 Å². The maximum absolute atomic E-state index is 13.1. The first-order valence-electron chi connectivity index (χ1n) is 43.4. The predicted octanol–water partition coefficient (Wildman–Crippen LogP) is 25.3. The van der Waals surface area contributed by atoms with Gasteiger partial charge >= 0.3 is 39.5 Å². The molecule has 0 saturated heterocycles. The summed E-state index contributed by atoms with van der Waals surface area (Å²) in [6, 6.07) is 0. The lowest BCUT2D eigenvalue weighted by Gasteiger charge is -2.21. The van der Waals surface area contributed by atoms with E-state index in [0.717, 1.165) is 108 Å². The zero-order chi connectivity index (χ0) is 75.8. The molecule has 6 atom stereocenters. The van der Waals surface area contributed by atoms with Crippen LogP contribution in [0.15, 0.2) is 0 Å². The predicted molar refractivity (Wildman–Crippen MR) is 423 cm³/mol. The normalized spacial score (nSPS) is 14.2. The first-order valence-corrected chi connectivity index (χ1v) is 46.4. The van der Waals surface area contributed by atoms with Crippen LogP contribution in [0.3, 0.4) is 0 Å². The molecule has 0 amide bonds. The molecule has 0 fully saturated rings. The minimum Gasteiger partial charge on any atom is -0.462 e. The van der Waals surface area contributed by atoms with Gasteiger partial charge in [0.15, 0.2) is 12.2 Å². The fourth-order valence-corrected chi connectivity index (χ4v) is 14.6. The summed E-state index contributed by atoms with van der Waals surface area (Å²) in [6.45, 7) is 12.0. The van der Waals surface area contributed by atoms with Crippen LogP contribution in [-0.2, 0) is 65.4 Å². The Morgan fingerprint density at radius 1 is 0.282 bits per heavy atom. The monoisotopic (exact) mass is 1510 g/mol. The number of hydrogen-bond donors (Lipinski definition) is 3. The molecule has 0 rings (SSSR count). The van der Waals surface area contributed by atoms with Crippen molar-refractivity contribution >= 4 is 39.5 Å². The summed E-state index contributed by atoms with van der Waals surface area (Å²) in [5, 5.41) is 10.7. The summed E-state index contributed by atoms with van der Waals surface area (Å²) < 4.78 is 68.8. The molecule has 3 N–H and O–H groups in total. The van der Waals surface area contributed by atoms with Gasteiger partial charge in [0.2, 0.25) is 0 Å². The summed E-state index contributed by atoms with van der Waals surface area (Å²) in [4.78, 5) is 73.1. The van der Waals surface area contributed by atoms with Crippen LogP contribution in [0.1, 0.15) is 440 Å². The van der Waals surface area contributed by atoms with Gasteiger partial charge < -0.3 is 33.8 Å². The average Bonchev–Trinajstić information content (AvgIpc) is 0.915. The highest BCUT2D eigenvalue weighted by Gasteiger charge is 2.30. The van der Waals surface area contributed by atoms with Crippen LogP contribution in [0.4, 0.5) is 0 Å². The van der Waals surface area contributed by atoms with E-state index >= 15 is 0 Å². The molecule has 0 aromatic heterocycles. The van der Waals surface area contributed by atoms with Crippen molar-refractivity contribution in [2.45, 2.75) is 458 Å². The Balaban J connectivity index is 5.22. The number of rotatable bonds is 82. The number of esters is 4. The Hall–Kier alpha value is -1.94. The van der Waals surface area contributed by atoms with Gasteiger partial charge in [-0.05, 0) is 43.4 Å². The summed E-state index contributed by atoms with van der Waals surface area (Å²) in [5.41, 5.74) is 0. The number of hydrogen-bond acceptors (Lipinski definition) is 15. The van der Waals surface area contributed by atoms with Gasteiger partial charge in [-0.25, -0.2) is 9.13 Å². The molecule has 0 radical (unpaired) electrons. The molecule has 0 aromatic rings. The van der Waals surface area contributed by atoms with Crippen LogP contribution in [-0.4, -0.2) is 96.7 Å². The molecule has 0 aromatic carbocycles. The minimum atomic E-state index is -4.96. The maximum Gasteiger partial charge on any atom is 0.472 e. The average molecular weight is 1510 g/mol. The number of carbonyl (C=O) groups is 4. The van der Waals surface area contributed by atoms with E-state index in [0.29, 0.717) is 25.7 Å². The van der Waals surface area contributed by atoms with Crippen molar-refractivity contribution in [3.63, 3.8) is 0 Å². The molecule has 0 heterocycles. The summed E-state index contributed by atoms with van der Waals surface area (Å²) in [5.74, 6) is 0.224. The lowest BCUT2D eigenvalue weighted by atomic mass is 9.99. The largest absolute Gasteiger partial charge is 0.472 e. The number of ether oxygens (including phenoxy) is 4. The van der Waals surface area contributed by atoms with Gasteiger partial charge in [-0.15, -0.1) is 0 Å². The second-order valence-corrected chi connectivity index (χ2v) is 34.3. The topological polar surface area (TPSA) is 237 Å². The number of phosphoric acid groups is 2. The van der Waals surface area contributed by atoms with Crippen LogP contribution >= 0.6 is 15.6 Å². The van der Waals surface area contributed by atoms with Gasteiger partial charge in [-0.2, -0.15) is 0 Å². The zero-order valence-corrected chi connectivity index (χ0v) is 69.6. The zero-order valence-electron chi connectivity index (χ0n) is 67.8. The fourth-order valence-electron chi connectivity index (χ4n) is 13.0. The van der Waals surface area contributed by atoms with Crippen molar-refractivity contribution < 1.29 is 80.2 Å². The van der Waals surface area contributed by atoms with Gasteiger partial charge in [0.1, 0.15) is 19.3 Å². The van der Waals surface area contributed by atoms with Crippen molar-refractivity contribution in [2.75, 3.05) is 39.6 Å². The van der Waals surface area contributed by atoms with Gasteiger partial charge in [0.05, 0.1) is 26.4 Å². The van der Waals surface area contributed by atoms with Gasteiger partial charge in [-0.3, -0.25) is 37.3 Å². The van der Waals surface area contributed by atoms with Gasteiger partial charge in [-0.1, -0.05) is 389 Å². The summed E-state index contributed by atoms with van der Waals surface area (Å²) in [7, 11) is -9.92. The molecule has 0 aliphatic heterocycles. The number of carbonyl (C=O) groups excluding carboxylic acids is 4. The molecule has 3 unspecified atom stereocenters. The van der Waals surface area contributed by atoms with E-state index in [-0.39, 0.29) is 25.7 Å². The van der Waals surface area contributed by atoms with Crippen LogP contribution in [0.5, 0.6) is 0 Å². The Morgan fingerprint density at radius 3 is 0.738 bits per heavy atom. The summed E-state index contributed by atoms with van der Waals surface area (Å²) >= 11 is 0. The molecule has 612 valence electrons. The Kier molecular flexibility index (Phi) is 72.8. The SMILES string of the molecule is CCCCCCCCCCCCCCCCCCCCC(=O)OC[C@H](COP(=O)(O)OC[C@@H](O)COP(=O)(O)OC[C@@H](COC(=O)CCCCCCCCCCC(C)C)OC(=O)CCCCCCCCCCCC(C)C)OC(=O)CCCCCCCCCCCCCCCCCCCCC(C)CC. The molecule has 0 bridgehead atoms. The molecule has 19 heteroatoms. The van der Waals surface area contributed by atoms with Crippen LogP contribution < -0.4 is 0 Å². The quantitative estimate of drug-likeness (QED) is 0.0222. The smallest absolute Gasteiger partial charge is 0.462 e. The third-order valence-corrected chi connectivity index (χ3v) is 21.9. The lowest BCUT2D eigenvalue weighted by molar-refractivity contribution is -0.161. The molecule has 103 heavy (non-hydrogen) atoms. The van der Waals surface area contributed by atoms with E-state index in [1.54, 1.807) is 0 Å². The van der Waals surface area contributed by atoms with E-state index in [9.17, 15) is 43.2 Å². The van der Waals surface area contributed by atoms with Gasteiger partial charge in [0.25, 0.3) is 0 Å². The van der Waals surface area contributed by atoms with Crippen molar-refractivity contribution in [3.8, 4) is 0 Å². The molecular formula is C84H164O17P2. The van der Waals surface area contributed by atoms with Crippen LogP contribution in [0, 0.1) is 17.8 Å². The van der Waals surface area contributed by atoms with E-state index in [1.807, 2.05) is 0 Å². The maximum atomic E-state index is 13.1. The molecule has 17 nitrogen and oxygen atoms in total. The minimum absolute atomic E-state index is 0.105. The molecular weight excluding hydrogens is 1340 g/mol. The first kappa shape index (κ1) is 101. The highest BCUT2D eigenvalue weighted by molar-refractivity contribution is 7.47. The standard InChI is InChI=1S/C84H164O17P2/c1-8-10-11-12-13-14-15-16-17-18-22-25-28-31-36-44-51-58-65-81(86)94-71-79(100-83(88)67-60-53-46-37-32-29-26-23-20-19-21-24-27-30-35-43-50-57-64-77(7)9-2)73-98-102(90,91)96-69-78(85)70-97-103(92,93)99-74-80(72-95-82(87)66-59-52-45-40-39-42-49-56-63-76(5)6)101-84(89)68-61-54-47-38-33-34-41-48-55-62-75(3)4/h75-80,85H,8-74H2,1-7H3,(H,90,91)(H,92,93)/t77?,78-,79-,80-/m1/s1. The Bertz CT molecular complexity index is 1990. The van der Waals surface area contributed by atoms with Crippen molar-refractivity contribution in [1.29, 1.82) is 0 Å². The first-order chi connectivity index (χ1) is 49.8. The van der Waals surface area contributed by atoms with Crippen molar-refractivity contribution in [2.24, 2.45) is 17.8 Å². The second-order valence-electron chi connectivity index (χ2n) is 31.4. The van der Waals surface area contributed by atoms with E-state index in [4.69, 9.17) is 37.0 Å². The molecule has 0 saturated carbocycles. The number of unbranched alkanes of at least 4 members (excludes halogenated alkanes) is 49. The van der Waals surface area contributed by atoms with Crippen molar-refractivity contribution in [3.05, 3.63) is 0 Å². The van der Waals surface area contributed by atoms with E-state index in [1.165, 1.54) is 250 Å². The molecule has 0 spiro atoms. The highest BCUT2D eigenvalue weighted by atomic mass is 31.2. The van der Waals surface area contributed by atoms with E-state index in [2.05, 4.69) is 48.5 Å².